The van der Waals surface area contributed by atoms with Crippen LogP contribution in [0.5, 0.6) is 5.75 Å². The highest BCUT2D eigenvalue weighted by Gasteiger charge is 2.17. The van der Waals surface area contributed by atoms with Crippen LogP contribution in [0.1, 0.15) is 26.6 Å². The summed E-state index contributed by atoms with van der Waals surface area (Å²) in [4.78, 5) is 13.8. The second-order valence-corrected chi connectivity index (χ2v) is 7.48. The highest BCUT2D eigenvalue weighted by atomic mass is 79.9. The Hall–Kier alpha value is -1.85. The van der Waals surface area contributed by atoms with Crippen molar-refractivity contribution in [1.82, 2.24) is 4.57 Å². The number of ketones is 1. The Labute approximate surface area is 154 Å². The molecule has 0 aliphatic rings. The molecule has 0 aliphatic carbocycles. The monoisotopic (exact) mass is 403 g/mol. The number of carbonyl (C=O) groups excluding carboxylic acids is 1. The topological polar surface area (TPSA) is 31.2 Å². The SMILES string of the molecule is Cc1cc(C(=O)COc2ccccc2Br)c(C)n1Cc1cccs1. The number of Topliss-reactive ketones (excluding diaryl/α,β-unsaturated/α-hetero) is 1. The largest absolute Gasteiger partial charge is 0.484 e. The Kier molecular flexibility index (Phi) is 5.21. The summed E-state index contributed by atoms with van der Waals surface area (Å²) >= 11 is 5.15. The van der Waals surface area contributed by atoms with Crippen LogP contribution in [0.3, 0.4) is 0 Å². The second-order valence-electron chi connectivity index (χ2n) is 5.59. The zero-order chi connectivity index (χ0) is 17.1. The van der Waals surface area contributed by atoms with Gasteiger partial charge in [0.05, 0.1) is 11.0 Å². The van der Waals surface area contributed by atoms with Gasteiger partial charge in [0.2, 0.25) is 5.78 Å². The first kappa shape index (κ1) is 17.0. The van der Waals surface area contributed by atoms with Gasteiger partial charge in [-0.3, -0.25) is 4.79 Å². The first-order chi connectivity index (χ1) is 11.6. The molecule has 0 N–H and O–H groups in total. The van der Waals surface area contributed by atoms with Crippen LogP contribution < -0.4 is 4.74 Å². The number of ether oxygens (including phenoxy) is 1. The molecule has 5 heteroatoms. The van der Waals surface area contributed by atoms with Crippen LogP contribution in [0.15, 0.2) is 52.3 Å². The van der Waals surface area contributed by atoms with Crippen molar-refractivity contribution in [3.05, 3.63) is 74.1 Å². The van der Waals surface area contributed by atoms with E-state index < -0.39 is 0 Å². The fourth-order valence-corrected chi connectivity index (χ4v) is 3.76. The molecule has 3 nitrogen and oxygen atoms in total. The Bertz CT molecular complexity index is 852. The van der Waals surface area contributed by atoms with Gasteiger partial charge in [-0.2, -0.15) is 0 Å². The summed E-state index contributed by atoms with van der Waals surface area (Å²) in [5.74, 6) is 0.675. The number of para-hydroxylation sites is 1. The van der Waals surface area contributed by atoms with Crippen molar-refractivity contribution >= 4 is 33.0 Å². The number of carbonyl (C=O) groups is 1. The number of halogens is 1. The van der Waals surface area contributed by atoms with Gasteiger partial charge in [-0.1, -0.05) is 18.2 Å². The molecule has 0 fully saturated rings. The number of aryl methyl sites for hydroxylation is 1. The summed E-state index contributed by atoms with van der Waals surface area (Å²) in [6.07, 6.45) is 0. The Morgan fingerprint density at radius 3 is 2.71 bits per heavy atom. The maximum Gasteiger partial charge on any atom is 0.202 e. The highest BCUT2D eigenvalue weighted by molar-refractivity contribution is 9.10. The molecule has 1 aromatic carbocycles. The standard InChI is InChI=1S/C19H18BrNO2S/c1-13-10-16(14(2)21(13)11-15-6-5-9-24-15)18(22)12-23-19-8-4-3-7-17(19)20/h3-10H,11-12H2,1-2H3. The summed E-state index contributed by atoms with van der Waals surface area (Å²) in [7, 11) is 0. The van der Waals surface area contributed by atoms with E-state index in [4.69, 9.17) is 4.74 Å². The van der Waals surface area contributed by atoms with Crippen molar-refractivity contribution in [3.63, 3.8) is 0 Å². The molecule has 0 amide bonds. The van der Waals surface area contributed by atoms with Gasteiger partial charge in [-0.05, 0) is 59.4 Å². The molecule has 124 valence electrons. The van der Waals surface area contributed by atoms with Gasteiger partial charge in [-0.15, -0.1) is 11.3 Å². The normalized spacial score (nSPS) is 10.8. The molecule has 0 saturated heterocycles. The minimum Gasteiger partial charge on any atom is -0.484 e. The van der Waals surface area contributed by atoms with E-state index in [9.17, 15) is 4.79 Å². The maximum absolute atomic E-state index is 12.6. The third kappa shape index (κ3) is 3.62. The Morgan fingerprint density at radius 1 is 1.21 bits per heavy atom. The lowest BCUT2D eigenvalue weighted by Gasteiger charge is -2.09. The average molecular weight is 404 g/mol. The van der Waals surface area contributed by atoms with Crippen LogP contribution in [0.4, 0.5) is 0 Å². The van der Waals surface area contributed by atoms with Gasteiger partial charge in [0.25, 0.3) is 0 Å². The molecule has 2 aromatic heterocycles. The van der Waals surface area contributed by atoms with Crippen molar-refractivity contribution in [1.29, 1.82) is 0 Å². The van der Waals surface area contributed by atoms with E-state index >= 15 is 0 Å². The zero-order valence-electron chi connectivity index (χ0n) is 13.6. The second kappa shape index (κ2) is 7.36. The summed E-state index contributed by atoms with van der Waals surface area (Å²) in [5.41, 5.74) is 2.81. The summed E-state index contributed by atoms with van der Waals surface area (Å²) in [6, 6.07) is 13.7. The lowest BCUT2D eigenvalue weighted by Crippen LogP contribution is -2.13. The van der Waals surface area contributed by atoms with E-state index in [1.54, 1.807) is 11.3 Å². The molecular weight excluding hydrogens is 386 g/mol. The Balaban J connectivity index is 1.74. The first-order valence-corrected chi connectivity index (χ1v) is 9.33. The zero-order valence-corrected chi connectivity index (χ0v) is 16.0. The van der Waals surface area contributed by atoms with E-state index in [1.165, 1.54) is 4.88 Å². The van der Waals surface area contributed by atoms with Crippen LogP contribution in [-0.4, -0.2) is 17.0 Å². The molecule has 0 aliphatic heterocycles. The van der Waals surface area contributed by atoms with E-state index in [2.05, 4.69) is 31.9 Å². The molecule has 0 radical (unpaired) electrons. The van der Waals surface area contributed by atoms with Crippen LogP contribution in [0.2, 0.25) is 0 Å². The fourth-order valence-electron chi connectivity index (χ4n) is 2.67. The van der Waals surface area contributed by atoms with Crippen molar-refractivity contribution in [2.24, 2.45) is 0 Å². The quantitative estimate of drug-likeness (QED) is 0.527. The molecule has 0 bridgehead atoms. The van der Waals surface area contributed by atoms with Crippen molar-refractivity contribution in [3.8, 4) is 5.75 Å². The van der Waals surface area contributed by atoms with Crippen LogP contribution in [-0.2, 0) is 6.54 Å². The van der Waals surface area contributed by atoms with Gasteiger partial charge in [0.1, 0.15) is 5.75 Å². The molecule has 3 rings (SSSR count). The number of hydrogen-bond donors (Lipinski definition) is 0. The summed E-state index contributed by atoms with van der Waals surface area (Å²) in [5, 5.41) is 2.07. The molecule has 2 heterocycles. The first-order valence-electron chi connectivity index (χ1n) is 7.66. The number of hydrogen-bond acceptors (Lipinski definition) is 3. The minimum atomic E-state index is -0.00344. The number of nitrogens with zero attached hydrogens (tertiary/aromatic N) is 1. The lowest BCUT2D eigenvalue weighted by molar-refractivity contribution is 0.0920. The Morgan fingerprint density at radius 2 is 2.00 bits per heavy atom. The van der Waals surface area contributed by atoms with Crippen LogP contribution in [0, 0.1) is 13.8 Å². The predicted molar refractivity (Wildman–Crippen MR) is 101 cm³/mol. The van der Waals surface area contributed by atoms with E-state index in [-0.39, 0.29) is 12.4 Å². The molecule has 0 spiro atoms. The van der Waals surface area contributed by atoms with E-state index in [0.717, 1.165) is 28.0 Å². The summed E-state index contributed by atoms with van der Waals surface area (Å²) in [6.45, 7) is 4.86. The third-order valence-electron chi connectivity index (χ3n) is 3.96. The van der Waals surface area contributed by atoms with Crippen molar-refractivity contribution in [2.75, 3.05) is 6.61 Å². The van der Waals surface area contributed by atoms with E-state index in [1.807, 2.05) is 50.2 Å². The smallest absolute Gasteiger partial charge is 0.202 e. The number of rotatable bonds is 6. The highest BCUT2D eigenvalue weighted by Crippen LogP contribution is 2.24. The molecule has 0 saturated carbocycles. The van der Waals surface area contributed by atoms with Gasteiger partial charge in [0.15, 0.2) is 6.61 Å². The molecule has 0 atom stereocenters. The number of benzene rings is 1. The molecule has 0 unspecified atom stereocenters. The predicted octanol–water partition coefficient (Wildman–Crippen LogP) is 5.24. The third-order valence-corrected chi connectivity index (χ3v) is 5.48. The van der Waals surface area contributed by atoms with Crippen molar-refractivity contribution in [2.45, 2.75) is 20.4 Å². The molecular formula is C19H18BrNO2S. The van der Waals surface area contributed by atoms with Gasteiger partial charge < -0.3 is 9.30 Å². The number of thiophene rings is 1. The van der Waals surface area contributed by atoms with Crippen LogP contribution in [0.25, 0.3) is 0 Å². The maximum atomic E-state index is 12.6. The average Bonchev–Trinajstić information content (AvgIpc) is 3.17. The summed E-state index contributed by atoms with van der Waals surface area (Å²) < 4.78 is 8.69. The van der Waals surface area contributed by atoms with Gasteiger partial charge >= 0.3 is 0 Å². The number of aromatic nitrogens is 1. The molecule has 24 heavy (non-hydrogen) atoms. The fraction of sp³-hybridized carbons (Fsp3) is 0.211. The van der Waals surface area contributed by atoms with Gasteiger partial charge in [0, 0.05) is 21.8 Å². The van der Waals surface area contributed by atoms with Gasteiger partial charge in [-0.25, -0.2) is 0 Å². The minimum absolute atomic E-state index is 0.00344. The lowest BCUT2D eigenvalue weighted by atomic mass is 10.1. The molecule has 3 aromatic rings. The van der Waals surface area contributed by atoms with Crippen LogP contribution >= 0.6 is 27.3 Å². The van der Waals surface area contributed by atoms with Crippen molar-refractivity contribution < 1.29 is 9.53 Å². The van der Waals surface area contributed by atoms with E-state index in [0.29, 0.717) is 5.75 Å².